The highest BCUT2D eigenvalue weighted by Gasteiger charge is 2.65. The zero-order valence-corrected chi connectivity index (χ0v) is 19.7. The molecule has 2 saturated carbocycles. The molecule has 6 rings (SSSR count). The van der Waals surface area contributed by atoms with Gasteiger partial charge in [0, 0.05) is 30.6 Å². The number of carbonyl (C=O) groups is 1. The molecule has 5 aliphatic rings. The molecule has 1 aromatic carbocycles. The van der Waals surface area contributed by atoms with Crippen molar-refractivity contribution in [2.24, 2.45) is 23.2 Å². The van der Waals surface area contributed by atoms with Gasteiger partial charge in [-0.15, -0.1) is 0 Å². The van der Waals surface area contributed by atoms with Crippen LogP contribution in [0.15, 0.2) is 24.3 Å². The van der Waals surface area contributed by atoms with Crippen LogP contribution in [-0.4, -0.2) is 53.9 Å². The Morgan fingerprint density at radius 3 is 2.56 bits per heavy atom. The quantitative estimate of drug-likeness (QED) is 0.543. The zero-order chi connectivity index (χ0) is 22.1. The second-order valence-corrected chi connectivity index (χ2v) is 11.9. The van der Waals surface area contributed by atoms with Crippen LogP contribution in [0, 0.1) is 23.2 Å². The highest BCUT2D eigenvalue weighted by atomic mass is 35.5. The van der Waals surface area contributed by atoms with Gasteiger partial charge in [0.05, 0.1) is 23.7 Å². The minimum absolute atomic E-state index is 0.00783. The number of rotatable bonds is 3. The van der Waals surface area contributed by atoms with Crippen LogP contribution in [0.5, 0.6) is 0 Å². The van der Waals surface area contributed by atoms with E-state index < -0.39 is 5.60 Å². The van der Waals surface area contributed by atoms with Crippen LogP contribution in [0.1, 0.15) is 57.4 Å². The van der Waals surface area contributed by atoms with Gasteiger partial charge in [-0.25, -0.2) is 0 Å². The van der Waals surface area contributed by atoms with Crippen molar-refractivity contribution >= 4 is 17.6 Å². The molecule has 3 heterocycles. The number of hydrogen-bond donors (Lipinski definition) is 1. The molecule has 3 saturated heterocycles. The summed E-state index contributed by atoms with van der Waals surface area (Å²) in [7, 11) is 0. The summed E-state index contributed by atoms with van der Waals surface area (Å²) in [4.78, 5) is 15.3. The lowest BCUT2D eigenvalue weighted by Crippen LogP contribution is -2.51. The van der Waals surface area contributed by atoms with Crippen LogP contribution < -0.4 is 0 Å². The molecule has 0 bridgehead atoms. The van der Waals surface area contributed by atoms with Crippen molar-refractivity contribution in [3.8, 4) is 0 Å². The fraction of sp³-hybridized carbons (Fsp3) is 0.731. The molecule has 5 fully saturated rings. The Balaban J connectivity index is 1.13. The lowest BCUT2D eigenvalue weighted by Gasteiger charge is -2.51. The molecule has 0 aromatic heterocycles. The Kier molecular flexibility index (Phi) is 4.97. The molecule has 174 valence electrons. The van der Waals surface area contributed by atoms with Crippen molar-refractivity contribution in [1.82, 2.24) is 4.90 Å². The van der Waals surface area contributed by atoms with Crippen molar-refractivity contribution < 1.29 is 19.4 Å². The van der Waals surface area contributed by atoms with Crippen LogP contribution in [0.25, 0.3) is 0 Å². The maximum Gasteiger partial charge on any atom is 0.310 e. The van der Waals surface area contributed by atoms with Gasteiger partial charge >= 0.3 is 5.97 Å². The van der Waals surface area contributed by atoms with E-state index in [1.807, 2.05) is 24.3 Å². The predicted molar refractivity (Wildman–Crippen MR) is 121 cm³/mol. The molecule has 6 atom stereocenters. The third-order valence-electron chi connectivity index (χ3n) is 9.60. The van der Waals surface area contributed by atoms with Crippen LogP contribution in [0.2, 0.25) is 5.02 Å². The van der Waals surface area contributed by atoms with E-state index in [1.165, 1.54) is 19.3 Å². The van der Waals surface area contributed by atoms with Crippen molar-refractivity contribution in [2.45, 2.75) is 69.2 Å². The first kappa shape index (κ1) is 21.4. The molecule has 32 heavy (non-hydrogen) atoms. The molecule has 0 unspecified atom stereocenters. The van der Waals surface area contributed by atoms with E-state index in [4.69, 9.17) is 21.1 Å². The number of hydrogen-bond acceptors (Lipinski definition) is 5. The van der Waals surface area contributed by atoms with E-state index >= 15 is 0 Å². The molecule has 3 aliphatic heterocycles. The summed E-state index contributed by atoms with van der Waals surface area (Å²) in [5.41, 5.74) is 0.449. The summed E-state index contributed by atoms with van der Waals surface area (Å²) in [5, 5.41) is 11.9. The lowest BCUT2D eigenvalue weighted by molar-refractivity contribution is -0.147. The third kappa shape index (κ3) is 3.43. The Morgan fingerprint density at radius 2 is 1.88 bits per heavy atom. The average Bonchev–Trinajstić information content (AvgIpc) is 3.47. The van der Waals surface area contributed by atoms with Gasteiger partial charge in [0.2, 0.25) is 0 Å². The number of benzene rings is 1. The highest BCUT2D eigenvalue weighted by Crippen LogP contribution is 2.62. The van der Waals surface area contributed by atoms with Gasteiger partial charge in [-0.3, -0.25) is 4.79 Å². The smallest absolute Gasteiger partial charge is 0.310 e. The summed E-state index contributed by atoms with van der Waals surface area (Å²) in [6, 6.07) is 7.54. The van der Waals surface area contributed by atoms with E-state index in [1.54, 1.807) is 0 Å². The number of fused-ring (bicyclic) bond motifs is 3. The van der Waals surface area contributed by atoms with Gasteiger partial charge in [-0.2, -0.15) is 0 Å². The van der Waals surface area contributed by atoms with E-state index in [-0.39, 0.29) is 29.0 Å². The average molecular weight is 460 g/mol. The number of halogens is 1. The molecule has 5 nitrogen and oxygen atoms in total. The van der Waals surface area contributed by atoms with Gasteiger partial charge in [-0.1, -0.05) is 30.7 Å². The number of likely N-dealkylation sites (tertiary alicyclic amines) is 1. The Hall–Kier alpha value is -1.14. The molecular weight excluding hydrogens is 426 g/mol. The van der Waals surface area contributed by atoms with Gasteiger partial charge in [0.15, 0.2) is 0 Å². The van der Waals surface area contributed by atoms with Crippen LogP contribution in [-0.2, 0) is 19.9 Å². The first-order valence-corrected chi connectivity index (χ1v) is 12.7. The van der Waals surface area contributed by atoms with Gasteiger partial charge in [0.1, 0.15) is 6.10 Å². The monoisotopic (exact) mass is 459 g/mol. The molecule has 2 aliphatic carbocycles. The van der Waals surface area contributed by atoms with E-state index in [0.29, 0.717) is 29.7 Å². The topological polar surface area (TPSA) is 62.3 Å². The van der Waals surface area contributed by atoms with Crippen molar-refractivity contribution in [3.05, 3.63) is 34.9 Å². The summed E-state index contributed by atoms with van der Waals surface area (Å²) in [6.07, 6.45) is 7.09. The number of nitrogens with zero attached hydrogens (tertiary/aromatic N) is 1. The predicted octanol–water partition coefficient (Wildman–Crippen LogP) is 4.15. The highest BCUT2D eigenvalue weighted by molar-refractivity contribution is 6.30. The fourth-order valence-electron chi connectivity index (χ4n) is 7.60. The molecular formula is C26H34ClNO4. The molecule has 0 amide bonds. The lowest BCUT2D eigenvalue weighted by atomic mass is 9.53. The minimum atomic E-state index is -0.815. The van der Waals surface area contributed by atoms with Crippen LogP contribution in [0.4, 0.5) is 0 Å². The normalized spacial score (nSPS) is 42.9. The number of piperidine rings is 1. The number of ether oxygens (including phenoxy) is 2. The Morgan fingerprint density at radius 1 is 1.16 bits per heavy atom. The summed E-state index contributed by atoms with van der Waals surface area (Å²) < 4.78 is 12.0. The van der Waals surface area contributed by atoms with Gasteiger partial charge < -0.3 is 19.5 Å². The second-order valence-electron chi connectivity index (χ2n) is 11.4. The largest absolute Gasteiger partial charge is 0.462 e. The van der Waals surface area contributed by atoms with Gasteiger partial charge in [-0.05, 0) is 74.0 Å². The molecule has 1 spiro atoms. The molecule has 1 N–H and O–H groups in total. The second kappa shape index (κ2) is 7.43. The first-order valence-electron chi connectivity index (χ1n) is 12.4. The molecule has 1 aromatic rings. The summed E-state index contributed by atoms with van der Waals surface area (Å²) in [5.74, 6) is 0.797. The zero-order valence-electron chi connectivity index (χ0n) is 18.9. The summed E-state index contributed by atoms with van der Waals surface area (Å²) in [6.45, 7) is 5.62. The van der Waals surface area contributed by atoms with E-state index in [2.05, 4.69) is 11.8 Å². The standard InChI is InChI=1S/C26H34ClNO4/c1-24-7-2-8-26(16-31-26)22(24)13-19-20(23(29)32-21(19)14-24)15-28-11-9-25(30,10-12-28)17-3-5-18(27)6-4-17/h3-6,19-22,30H,2,7-16H2,1H3/t19-,20+,21+,22-,24+,26-/m0/s1. The number of aliphatic hydroxyl groups is 1. The fourth-order valence-corrected chi connectivity index (χ4v) is 7.72. The number of epoxide rings is 1. The maximum absolute atomic E-state index is 12.9. The summed E-state index contributed by atoms with van der Waals surface area (Å²) >= 11 is 6.02. The van der Waals surface area contributed by atoms with Crippen molar-refractivity contribution in [3.63, 3.8) is 0 Å². The van der Waals surface area contributed by atoms with E-state index in [0.717, 1.165) is 44.6 Å². The Bertz CT molecular complexity index is 892. The third-order valence-corrected chi connectivity index (χ3v) is 9.85. The Labute approximate surface area is 195 Å². The van der Waals surface area contributed by atoms with Crippen LogP contribution >= 0.6 is 11.6 Å². The maximum atomic E-state index is 12.9. The molecule has 6 heteroatoms. The SMILES string of the molecule is C[C@]12CCC[C@]3(CO3)[C@H]1C[C@@H]1[C@@H](C2)OC(=O)[C@@H]1CN1CCC(O)(c2ccc(Cl)cc2)CC1. The van der Waals surface area contributed by atoms with Crippen molar-refractivity contribution in [1.29, 1.82) is 0 Å². The first-order chi connectivity index (χ1) is 15.3. The van der Waals surface area contributed by atoms with Crippen LogP contribution in [0.3, 0.4) is 0 Å². The minimum Gasteiger partial charge on any atom is -0.462 e. The molecule has 0 radical (unpaired) electrons. The number of esters is 1. The van der Waals surface area contributed by atoms with E-state index in [9.17, 15) is 9.90 Å². The van der Waals surface area contributed by atoms with Gasteiger partial charge in [0.25, 0.3) is 0 Å². The number of carbonyl (C=O) groups excluding carboxylic acids is 1. The van der Waals surface area contributed by atoms with Crippen molar-refractivity contribution in [2.75, 3.05) is 26.2 Å².